The van der Waals surface area contributed by atoms with Crippen LogP contribution < -0.4 is 4.52 Å². The maximum atomic E-state index is 11.9. The van der Waals surface area contributed by atoms with Crippen molar-refractivity contribution in [1.29, 1.82) is 0 Å². The molecule has 298 valence electrons. The average molecular weight is 797 g/mol. The van der Waals surface area contributed by atoms with Crippen LogP contribution in [0, 0.1) is 0 Å². The van der Waals surface area contributed by atoms with Crippen molar-refractivity contribution >= 4 is 30.7 Å². The van der Waals surface area contributed by atoms with E-state index in [2.05, 4.69) is 0 Å². The zero-order valence-electron chi connectivity index (χ0n) is 31.0. The number of benzene rings is 5. The van der Waals surface area contributed by atoms with Gasteiger partial charge in [0, 0.05) is 0 Å². The quantitative estimate of drug-likeness (QED) is 0.0295. The number of rotatable bonds is 20. The molecule has 5 aromatic carbocycles. The van der Waals surface area contributed by atoms with E-state index in [1.165, 1.54) is 0 Å². The second-order valence-corrected chi connectivity index (χ2v) is 20.0. The monoisotopic (exact) mass is 796 g/mol. The van der Waals surface area contributed by atoms with Gasteiger partial charge in [0.05, 0.1) is 0 Å². The van der Waals surface area contributed by atoms with Gasteiger partial charge in [0.25, 0.3) is 0 Å². The Bertz CT molecular complexity index is 2040. The van der Waals surface area contributed by atoms with Crippen LogP contribution in [0.1, 0.15) is 70.9 Å². The van der Waals surface area contributed by atoms with E-state index in [1.54, 1.807) is 72.8 Å². The van der Waals surface area contributed by atoms with Crippen LogP contribution in [0.4, 0.5) is 0 Å². The third-order valence-electron chi connectivity index (χ3n) is 10.4. The van der Waals surface area contributed by atoms with Crippen LogP contribution >= 0.6 is 6.83 Å². The molecule has 7 N–H and O–H groups in total. The summed E-state index contributed by atoms with van der Waals surface area (Å²) in [6.07, 6.45) is -2.66. The molecular weight excluding hydrogens is 751 g/mol. The van der Waals surface area contributed by atoms with Gasteiger partial charge in [-0.1, -0.05) is 24.3 Å². The van der Waals surface area contributed by atoms with Gasteiger partial charge in [-0.15, -0.1) is 0 Å². The number of carboxylic acid groups (broad SMARTS) is 4. The van der Waals surface area contributed by atoms with Crippen LogP contribution in [-0.2, 0) is 19.2 Å². The van der Waals surface area contributed by atoms with Crippen molar-refractivity contribution in [2.24, 2.45) is 0 Å². The fraction of sp³-hybridized carbons (Fsp3) is 0.227. The average Bonchev–Trinajstić information content (AvgIpc) is 3.18. The van der Waals surface area contributed by atoms with Crippen molar-refractivity contribution in [3.8, 4) is 23.0 Å². The van der Waals surface area contributed by atoms with E-state index < -0.39 is 56.4 Å². The number of aliphatic carboxylic acids is 4. The van der Waals surface area contributed by atoms with Crippen LogP contribution in [0.25, 0.3) is 0 Å². The topological polar surface area (TPSA) is 219 Å². The van der Waals surface area contributed by atoms with Crippen LogP contribution in [0.15, 0.2) is 121 Å². The number of phenolic OH excluding ortho intramolecular Hbond substituents is 3. The SMILES string of the molecule is O=C(O)CCP(CCC(=O)O)(CCC(=O)O)(CCC(=O)O)Oc1ccc(C(c2ccc(O)cc2)c2ccc(C(c3ccc(O)cc3)c3ccc(O)cc3)cc2)cc1. The van der Waals surface area contributed by atoms with E-state index >= 15 is 0 Å². The van der Waals surface area contributed by atoms with E-state index in [0.29, 0.717) is 0 Å². The molecule has 0 fully saturated rings. The molecule has 57 heavy (non-hydrogen) atoms. The normalized spacial score (nSPS) is 12.6. The van der Waals surface area contributed by atoms with Gasteiger partial charge in [0.2, 0.25) is 0 Å². The Hall–Kier alpha value is -6.39. The minimum absolute atomic E-state index is 0.0824. The zero-order chi connectivity index (χ0) is 41.2. The fourth-order valence-corrected chi connectivity index (χ4v) is 12.9. The summed E-state index contributed by atoms with van der Waals surface area (Å²) in [6, 6.07) is 35.5. The third kappa shape index (κ3) is 10.9. The Morgan fingerprint density at radius 3 is 0.825 bits per heavy atom. The molecule has 13 heteroatoms. The van der Waals surface area contributed by atoms with Gasteiger partial charge in [-0.05, 0) is 24.3 Å². The van der Waals surface area contributed by atoms with Crippen molar-refractivity contribution < 1.29 is 59.4 Å². The van der Waals surface area contributed by atoms with Crippen LogP contribution in [0.5, 0.6) is 23.0 Å². The van der Waals surface area contributed by atoms with Gasteiger partial charge < -0.3 is 10.2 Å². The standard InChI is InChI=1S/C44H45O12P/c45-35-13-5-31(6-14-35)43(32-7-15-36(46)16-8-32)29-1-3-30(4-2-29)44(33-9-17-37(47)18-10-33)34-11-19-38(20-12-34)56-57(25-21-39(48)49,26-22-40(50)51,27-23-41(52)53)28-24-42(54)55/h1-20,43-47H,21-28H2,(H,48,49)(H,50,51)(H,52,53)(H,54,55). The molecule has 0 spiro atoms. The molecule has 0 saturated carbocycles. The first-order valence-corrected chi connectivity index (χ1v) is 21.2. The summed E-state index contributed by atoms with van der Waals surface area (Å²) in [5.41, 5.74) is 5.31. The van der Waals surface area contributed by atoms with Crippen molar-refractivity contribution in [3.63, 3.8) is 0 Å². The van der Waals surface area contributed by atoms with Crippen LogP contribution in [-0.4, -0.2) is 84.3 Å². The number of carbonyl (C=O) groups is 4. The molecule has 0 bridgehead atoms. The van der Waals surface area contributed by atoms with E-state index in [4.69, 9.17) is 4.52 Å². The van der Waals surface area contributed by atoms with Gasteiger partial charge in [0.15, 0.2) is 0 Å². The Morgan fingerprint density at radius 1 is 0.386 bits per heavy atom. The number of hydrogen-bond donors (Lipinski definition) is 7. The molecule has 0 aliphatic heterocycles. The fourth-order valence-electron chi connectivity index (χ4n) is 7.42. The van der Waals surface area contributed by atoms with Crippen molar-refractivity contribution in [3.05, 3.63) is 155 Å². The summed E-state index contributed by atoms with van der Waals surface area (Å²) in [5.74, 6) is -4.84. The van der Waals surface area contributed by atoms with Gasteiger partial charge in [0.1, 0.15) is 11.5 Å². The van der Waals surface area contributed by atoms with Gasteiger partial charge in [-0.3, -0.25) is 0 Å². The second kappa shape index (κ2) is 18.0. The molecule has 0 heterocycles. The molecule has 0 radical (unpaired) electrons. The van der Waals surface area contributed by atoms with Crippen LogP contribution in [0.3, 0.4) is 0 Å². The molecule has 0 aliphatic carbocycles. The summed E-state index contributed by atoms with van der Waals surface area (Å²) in [7, 11) is 0. The summed E-state index contributed by atoms with van der Waals surface area (Å²) in [4.78, 5) is 47.5. The van der Waals surface area contributed by atoms with Crippen molar-refractivity contribution in [2.45, 2.75) is 37.5 Å². The summed E-state index contributed by atoms with van der Waals surface area (Å²) < 4.78 is 6.71. The number of phenols is 3. The van der Waals surface area contributed by atoms with Crippen molar-refractivity contribution in [1.82, 2.24) is 0 Å². The molecule has 5 rings (SSSR count). The Balaban J connectivity index is 1.57. The van der Waals surface area contributed by atoms with E-state index in [0.717, 1.165) is 33.4 Å². The molecule has 1 atom stereocenters. The molecular formula is C44H45O12P. The van der Waals surface area contributed by atoms with Gasteiger partial charge in [-0.2, -0.15) is 0 Å². The van der Waals surface area contributed by atoms with Gasteiger partial charge >= 0.3 is 260 Å². The maximum absolute atomic E-state index is 11.9. The molecule has 12 nitrogen and oxygen atoms in total. The van der Waals surface area contributed by atoms with E-state index in [-0.39, 0.29) is 59.5 Å². The first-order chi connectivity index (χ1) is 27.1. The van der Waals surface area contributed by atoms with Crippen molar-refractivity contribution in [2.75, 3.05) is 24.6 Å². The molecule has 1 unspecified atom stereocenters. The second-order valence-electron chi connectivity index (χ2n) is 14.3. The van der Waals surface area contributed by atoms with E-state index in [1.807, 2.05) is 48.5 Å². The summed E-state index contributed by atoms with van der Waals surface area (Å²) in [6.45, 7) is -4.19. The third-order valence-corrected chi connectivity index (χ3v) is 16.6. The molecule has 0 aliphatic rings. The molecule has 5 aromatic rings. The van der Waals surface area contributed by atoms with Gasteiger partial charge in [-0.25, -0.2) is 0 Å². The first kappa shape index (κ1) is 41.8. The number of carboxylic acids is 4. The summed E-state index contributed by atoms with van der Waals surface area (Å²) >= 11 is 0. The first-order valence-electron chi connectivity index (χ1n) is 18.3. The molecule has 0 saturated heterocycles. The van der Waals surface area contributed by atoms with E-state index in [9.17, 15) is 54.9 Å². The molecule has 0 aromatic heterocycles. The molecule has 0 amide bonds. The predicted octanol–water partition coefficient (Wildman–Crippen LogP) is 7.91. The van der Waals surface area contributed by atoms with Crippen LogP contribution in [0.2, 0.25) is 0 Å². The Kier molecular flexibility index (Phi) is 13.2. The predicted molar refractivity (Wildman–Crippen MR) is 215 cm³/mol. The zero-order valence-corrected chi connectivity index (χ0v) is 31.9. The summed E-state index contributed by atoms with van der Waals surface area (Å²) in [5, 5.41) is 68.8. The Labute approximate surface area is 329 Å². The minimum atomic E-state index is -4.19. The number of aromatic hydroxyl groups is 3. The Morgan fingerprint density at radius 2 is 0.596 bits per heavy atom. The number of hydrogen-bond acceptors (Lipinski definition) is 8.